The molecule has 518 valence electrons. The van der Waals surface area contributed by atoms with Crippen LogP contribution in [0.15, 0.2) is 60.8 Å². The molecule has 3 aliphatic rings. The normalized spacial score (nSPS) is 28.6. The van der Waals surface area contributed by atoms with Gasteiger partial charge in [-0.15, -0.1) is 0 Å². The lowest BCUT2D eigenvalue weighted by Gasteiger charge is -2.48. The third-order valence-corrected chi connectivity index (χ3v) is 17.3. The van der Waals surface area contributed by atoms with Crippen molar-refractivity contribution in [3.05, 3.63) is 60.8 Å². The van der Waals surface area contributed by atoms with Gasteiger partial charge in [-0.2, -0.15) is 0 Å². The Morgan fingerprint density at radius 2 is 0.775 bits per heavy atom. The van der Waals surface area contributed by atoms with Crippen LogP contribution in [0.25, 0.3) is 0 Å². The molecule has 3 aliphatic heterocycles. The summed E-state index contributed by atoms with van der Waals surface area (Å²) in [6, 6.07) is -0.968. The van der Waals surface area contributed by atoms with E-state index in [4.69, 9.17) is 28.4 Å². The molecule has 12 N–H and O–H groups in total. The number of unbranched alkanes of at least 4 members (excludes halogenated alkanes) is 29. The maximum Gasteiger partial charge on any atom is 0.220 e. The molecule has 3 rings (SSSR count). The van der Waals surface area contributed by atoms with Crippen LogP contribution in [0.5, 0.6) is 0 Å². The zero-order valence-electron chi connectivity index (χ0n) is 54.6. The first kappa shape index (κ1) is 80.7. The minimum atomic E-state index is -1.98. The first-order valence-corrected chi connectivity index (χ1v) is 35.0. The Balaban J connectivity index is 1.21. The number of nitrogens with one attached hydrogen (secondary N) is 1. The van der Waals surface area contributed by atoms with Crippen LogP contribution >= 0.6 is 0 Å². The van der Waals surface area contributed by atoms with Crippen LogP contribution in [0.3, 0.4) is 0 Å². The lowest BCUT2D eigenvalue weighted by Crippen LogP contribution is -2.66. The van der Waals surface area contributed by atoms with Gasteiger partial charge in [0.15, 0.2) is 18.9 Å². The molecule has 89 heavy (non-hydrogen) atoms. The van der Waals surface area contributed by atoms with Crippen molar-refractivity contribution >= 4 is 5.91 Å². The second-order valence-corrected chi connectivity index (χ2v) is 25.0. The van der Waals surface area contributed by atoms with Crippen LogP contribution in [0.4, 0.5) is 0 Å². The van der Waals surface area contributed by atoms with E-state index in [-0.39, 0.29) is 18.9 Å². The van der Waals surface area contributed by atoms with Crippen molar-refractivity contribution in [2.24, 2.45) is 0 Å². The van der Waals surface area contributed by atoms with Crippen molar-refractivity contribution in [2.75, 3.05) is 26.4 Å². The SMILES string of the molecule is CC/C=C\C/C=C\C/C=C\C/C=C\CCCCCCCCCCCCCCCCCCCCCCCCCCCCC(=O)NC(COC1OC(CO)C(OC2OC(CO)C(OC3OC(CO)C(O)C(O)C3O)C(O)C2O)C(O)C1O)C(O)/C=C/CCCCC. The summed E-state index contributed by atoms with van der Waals surface area (Å²) in [4.78, 5) is 13.2. The monoisotopic (exact) mass is 1270 g/mol. The molecule has 0 spiro atoms. The van der Waals surface area contributed by atoms with E-state index in [0.29, 0.717) is 6.42 Å². The van der Waals surface area contributed by atoms with Gasteiger partial charge in [0, 0.05) is 6.42 Å². The summed E-state index contributed by atoms with van der Waals surface area (Å²) in [7, 11) is 0. The minimum absolute atomic E-state index is 0.244. The zero-order chi connectivity index (χ0) is 64.7. The Bertz CT molecular complexity index is 1850. The standard InChI is InChI=1S/C70H125NO18/c1-3-5-7-9-10-11-12-13-14-15-16-17-18-19-20-21-22-23-24-25-26-27-28-29-30-31-32-33-34-35-36-37-38-39-40-41-42-44-46-48-58(76)71-53(54(75)47-45-43-8-6-4-2)52-84-68-64(82)61(79)66(56(50-73)86-68)89-70-65(83)62(80)67(57(51-74)87-70)88-69-63(81)60(78)59(77)55(49-72)85-69/h5,7,10-11,13-14,16-17,45,47,53-57,59-70,72-75,77-83H,3-4,6,8-9,12,15,18-44,46,48-52H2,1-2H3,(H,71,76)/b7-5-,11-10-,14-13-,17-16-,47-45+. The van der Waals surface area contributed by atoms with E-state index in [0.717, 1.165) is 70.6 Å². The van der Waals surface area contributed by atoms with Crippen molar-refractivity contribution in [2.45, 2.75) is 349 Å². The van der Waals surface area contributed by atoms with Crippen LogP contribution in [-0.4, -0.2) is 193 Å². The smallest absolute Gasteiger partial charge is 0.220 e. The molecule has 0 radical (unpaired) electrons. The number of hydrogen-bond acceptors (Lipinski definition) is 18. The molecule has 0 saturated carbocycles. The second kappa shape index (κ2) is 51.8. The minimum Gasteiger partial charge on any atom is -0.394 e. The summed E-state index contributed by atoms with van der Waals surface area (Å²) in [6.45, 7) is 1.49. The third kappa shape index (κ3) is 33.9. The highest BCUT2D eigenvalue weighted by Gasteiger charge is 2.53. The highest BCUT2D eigenvalue weighted by Crippen LogP contribution is 2.33. The van der Waals surface area contributed by atoms with E-state index in [2.05, 4.69) is 67.8 Å². The molecule has 17 atom stereocenters. The first-order chi connectivity index (χ1) is 43.3. The highest BCUT2D eigenvalue weighted by atomic mass is 16.8. The molecular weight excluding hydrogens is 1140 g/mol. The molecule has 0 bridgehead atoms. The lowest BCUT2D eigenvalue weighted by atomic mass is 9.96. The predicted molar refractivity (Wildman–Crippen MR) is 346 cm³/mol. The van der Waals surface area contributed by atoms with Gasteiger partial charge in [-0.3, -0.25) is 4.79 Å². The number of allylic oxidation sites excluding steroid dienone is 9. The maximum absolute atomic E-state index is 13.2. The molecule has 19 nitrogen and oxygen atoms in total. The number of ether oxygens (including phenoxy) is 6. The number of carbonyl (C=O) groups is 1. The Morgan fingerprint density at radius 1 is 0.416 bits per heavy atom. The predicted octanol–water partition coefficient (Wildman–Crippen LogP) is 9.16. The fourth-order valence-electron chi connectivity index (χ4n) is 11.7. The molecule has 0 aromatic rings. The third-order valence-electron chi connectivity index (χ3n) is 17.3. The number of aliphatic hydroxyl groups excluding tert-OH is 11. The molecule has 19 heteroatoms. The van der Waals surface area contributed by atoms with Crippen LogP contribution < -0.4 is 5.32 Å². The number of aliphatic hydroxyl groups is 11. The van der Waals surface area contributed by atoms with Crippen molar-refractivity contribution < 1.29 is 89.4 Å². The Labute approximate surface area is 535 Å². The molecular formula is C70H125NO18. The quantitative estimate of drug-likeness (QED) is 0.0199. The second-order valence-electron chi connectivity index (χ2n) is 25.0. The molecule has 3 fully saturated rings. The van der Waals surface area contributed by atoms with E-state index in [1.807, 2.05) is 6.08 Å². The molecule has 0 aliphatic carbocycles. The number of hydrogen-bond donors (Lipinski definition) is 12. The highest BCUT2D eigenvalue weighted by molar-refractivity contribution is 5.76. The average Bonchev–Trinajstić information content (AvgIpc) is 2.72. The Hall–Kier alpha value is -2.51. The van der Waals surface area contributed by atoms with E-state index in [9.17, 15) is 61.0 Å². The van der Waals surface area contributed by atoms with Crippen molar-refractivity contribution in [1.82, 2.24) is 5.32 Å². The summed E-state index contributed by atoms with van der Waals surface area (Å²) in [5.41, 5.74) is 0. The molecule has 3 heterocycles. The van der Waals surface area contributed by atoms with E-state index in [1.165, 1.54) is 148 Å². The Kier molecular flexibility index (Phi) is 47.0. The van der Waals surface area contributed by atoms with Crippen LogP contribution in [0.1, 0.15) is 245 Å². The first-order valence-electron chi connectivity index (χ1n) is 35.0. The van der Waals surface area contributed by atoms with Crippen LogP contribution in [0.2, 0.25) is 0 Å². The molecule has 3 saturated heterocycles. The van der Waals surface area contributed by atoms with E-state index in [1.54, 1.807) is 6.08 Å². The van der Waals surface area contributed by atoms with Gasteiger partial charge >= 0.3 is 0 Å². The Morgan fingerprint density at radius 3 is 1.21 bits per heavy atom. The van der Waals surface area contributed by atoms with Gasteiger partial charge in [-0.1, -0.05) is 242 Å². The maximum atomic E-state index is 13.2. The number of rotatable bonds is 53. The summed E-state index contributed by atoms with van der Waals surface area (Å²) in [6.07, 6.45) is 37.6. The van der Waals surface area contributed by atoms with Crippen molar-refractivity contribution in [1.29, 1.82) is 0 Å². The summed E-state index contributed by atoms with van der Waals surface area (Å²) in [5, 5.41) is 120. The van der Waals surface area contributed by atoms with Gasteiger partial charge in [0.2, 0.25) is 5.91 Å². The van der Waals surface area contributed by atoms with Crippen molar-refractivity contribution in [3.8, 4) is 0 Å². The topological polar surface area (TPSA) is 307 Å². The van der Waals surface area contributed by atoms with Gasteiger partial charge in [0.1, 0.15) is 73.2 Å². The summed E-state index contributed by atoms with van der Waals surface area (Å²) >= 11 is 0. The van der Waals surface area contributed by atoms with Crippen LogP contribution in [0, 0.1) is 0 Å². The molecule has 0 aromatic heterocycles. The zero-order valence-corrected chi connectivity index (χ0v) is 54.6. The van der Waals surface area contributed by atoms with E-state index >= 15 is 0 Å². The van der Waals surface area contributed by atoms with Gasteiger partial charge in [0.25, 0.3) is 0 Å². The molecule has 0 aromatic carbocycles. The van der Waals surface area contributed by atoms with Gasteiger partial charge < -0.3 is 89.9 Å². The summed E-state index contributed by atoms with van der Waals surface area (Å²) in [5.74, 6) is -0.281. The lowest BCUT2D eigenvalue weighted by molar-refractivity contribution is -0.379. The number of carbonyl (C=O) groups excluding carboxylic acids is 1. The van der Waals surface area contributed by atoms with Gasteiger partial charge in [0.05, 0.1) is 38.6 Å². The fraction of sp³-hybridized carbons (Fsp3) is 0.843. The molecule has 1 amide bonds. The molecule has 17 unspecified atom stereocenters. The van der Waals surface area contributed by atoms with Gasteiger partial charge in [-0.05, 0) is 57.8 Å². The largest absolute Gasteiger partial charge is 0.394 e. The van der Waals surface area contributed by atoms with Crippen molar-refractivity contribution in [3.63, 3.8) is 0 Å². The number of amides is 1. The average molecular weight is 1270 g/mol. The fourth-order valence-corrected chi connectivity index (χ4v) is 11.7. The van der Waals surface area contributed by atoms with Crippen LogP contribution in [-0.2, 0) is 33.2 Å². The van der Waals surface area contributed by atoms with E-state index < -0.39 is 124 Å². The summed E-state index contributed by atoms with van der Waals surface area (Å²) < 4.78 is 34.1. The van der Waals surface area contributed by atoms with Gasteiger partial charge in [-0.25, -0.2) is 0 Å².